The number of nitrogens with one attached hydrogen (secondary N) is 1. The number of hydrogen-bond acceptors (Lipinski definition) is 5. The van der Waals surface area contributed by atoms with Gasteiger partial charge in [0.05, 0.1) is 0 Å². The number of hydrogen-bond donors (Lipinski definition) is 1. The van der Waals surface area contributed by atoms with Crippen molar-refractivity contribution in [2.24, 2.45) is 0 Å². The highest BCUT2D eigenvalue weighted by atomic mass is 79.9. The van der Waals surface area contributed by atoms with E-state index in [-0.39, 0.29) is 5.91 Å². The van der Waals surface area contributed by atoms with Gasteiger partial charge in [-0.3, -0.25) is 10.1 Å². The molecular formula is C17H14BrN3O2S. The summed E-state index contributed by atoms with van der Waals surface area (Å²) in [7, 11) is 0. The van der Waals surface area contributed by atoms with Crippen LogP contribution in [-0.4, -0.2) is 16.1 Å². The van der Waals surface area contributed by atoms with Crippen molar-refractivity contribution >= 4 is 38.3 Å². The van der Waals surface area contributed by atoms with E-state index in [0.717, 1.165) is 15.0 Å². The molecule has 3 rings (SSSR count). The highest BCUT2D eigenvalue weighted by Crippen LogP contribution is 2.25. The Hall–Kier alpha value is -2.25. The molecule has 1 N–H and O–H groups in total. The van der Waals surface area contributed by atoms with Crippen molar-refractivity contribution in [3.63, 3.8) is 0 Å². The summed E-state index contributed by atoms with van der Waals surface area (Å²) in [6, 6.07) is 16.7. The topological polar surface area (TPSA) is 64.1 Å². The average Bonchev–Trinajstić information content (AvgIpc) is 3.00. The second-order valence-corrected chi connectivity index (χ2v) is 7.08. The van der Waals surface area contributed by atoms with E-state index in [0.29, 0.717) is 10.9 Å². The first-order valence-corrected chi connectivity index (χ1v) is 8.81. The maximum absolute atomic E-state index is 12.7. The molecule has 1 aromatic heterocycles. The Labute approximate surface area is 151 Å². The standard InChI is InChI=1S/C17H14BrN3O2S/c1-11-20-21-17(24-11)19-16(22)15(12-5-3-2-4-6-12)23-14-9-7-13(18)8-10-14/h2-10,15H,1H3,(H,19,21,22)/t15-/m1/s1. The van der Waals surface area contributed by atoms with Gasteiger partial charge in [-0.2, -0.15) is 0 Å². The predicted octanol–water partition coefficient (Wildman–Crippen LogP) is 4.37. The molecule has 0 radical (unpaired) electrons. The molecule has 5 nitrogen and oxygen atoms in total. The summed E-state index contributed by atoms with van der Waals surface area (Å²) in [4.78, 5) is 12.7. The minimum absolute atomic E-state index is 0.291. The van der Waals surface area contributed by atoms with E-state index in [1.54, 1.807) is 0 Å². The smallest absolute Gasteiger partial charge is 0.272 e. The summed E-state index contributed by atoms with van der Waals surface area (Å²) in [5.74, 6) is 0.316. The zero-order valence-electron chi connectivity index (χ0n) is 12.8. The lowest BCUT2D eigenvalue weighted by Gasteiger charge is -2.18. The third-order valence-electron chi connectivity index (χ3n) is 3.16. The number of benzene rings is 2. The number of carbonyl (C=O) groups is 1. The minimum Gasteiger partial charge on any atom is -0.476 e. The van der Waals surface area contributed by atoms with Crippen LogP contribution >= 0.6 is 27.3 Å². The van der Waals surface area contributed by atoms with Crippen LogP contribution in [0.2, 0.25) is 0 Å². The number of carbonyl (C=O) groups excluding carboxylic acids is 1. The number of amides is 1. The minimum atomic E-state index is -0.781. The number of aromatic nitrogens is 2. The van der Waals surface area contributed by atoms with Crippen molar-refractivity contribution in [3.8, 4) is 5.75 Å². The molecule has 1 atom stereocenters. The quantitative estimate of drug-likeness (QED) is 0.686. The molecule has 0 aliphatic rings. The number of aryl methyl sites for hydroxylation is 1. The molecule has 0 saturated heterocycles. The molecule has 7 heteroatoms. The van der Waals surface area contributed by atoms with Crippen LogP contribution in [0.5, 0.6) is 5.75 Å². The molecule has 0 bridgehead atoms. The van der Waals surface area contributed by atoms with Gasteiger partial charge < -0.3 is 4.74 Å². The number of anilines is 1. The van der Waals surface area contributed by atoms with Gasteiger partial charge in [-0.05, 0) is 31.2 Å². The summed E-state index contributed by atoms with van der Waals surface area (Å²) in [5, 5.41) is 11.8. The maximum atomic E-state index is 12.7. The molecule has 0 spiro atoms. The Bertz CT molecular complexity index is 821. The van der Waals surface area contributed by atoms with Crippen molar-refractivity contribution in [1.29, 1.82) is 0 Å². The first kappa shape index (κ1) is 16.6. The van der Waals surface area contributed by atoms with Crippen LogP contribution < -0.4 is 10.1 Å². The fraction of sp³-hybridized carbons (Fsp3) is 0.118. The molecule has 0 aliphatic carbocycles. The molecule has 1 heterocycles. The Kier molecular flexibility index (Phi) is 5.22. The number of nitrogens with zero attached hydrogens (tertiary/aromatic N) is 2. The van der Waals surface area contributed by atoms with Crippen LogP contribution in [-0.2, 0) is 4.79 Å². The van der Waals surface area contributed by atoms with Gasteiger partial charge in [0.15, 0.2) is 0 Å². The molecule has 2 aromatic carbocycles. The summed E-state index contributed by atoms with van der Waals surface area (Å²) in [5.41, 5.74) is 0.763. The Balaban J connectivity index is 1.84. The van der Waals surface area contributed by atoms with Gasteiger partial charge in [0.25, 0.3) is 5.91 Å². The first-order chi connectivity index (χ1) is 11.6. The lowest BCUT2D eigenvalue weighted by molar-refractivity contribution is -0.123. The number of ether oxygens (including phenoxy) is 1. The predicted molar refractivity (Wildman–Crippen MR) is 97.2 cm³/mol. The van der Waals surface area contributed by atoms with E-state index in [4.69, 9.17) is 4.74 Å². The molecule has 0 unspecified atom stereocenters. The number of halogens is 1. The summed E-state index contributed by atoms with van der Waals surface area (Å²) >= 11 is 4.70. The zero-order valence-corrected chi connectivity index (χ0v) is 15.2. The van der Waals surface area contributed by atoms with Crippen molar-refractivity contribution in [2.75, 3.05) is 5.32 Å². The van der Waals surface area contributed by atoms with E-state index in [1.165, 1.54) is 11.3 Å². The Morgan fingerprint density at radius 1 is 1.12 bits per heavy atom. The molecule has 1 amide bonds. The van der Waals surface area contributed by atoms with Crippen LogP contribution in [0, 0.1) is 6.92 Å². The number of rotatable bonds is 5. The second-order valence-electron chi connectivity index (χ2n) is 4.98. The monoisotopic (exact) mass is 403 g/mol. The van der Waals surface area contributed by atoms with E-state index in [1.807, 2.05) is 61.5 Å². The summed E-state index contributed by atoms with van der Waals surface area (Å²) in [6.45, 7) is 1.83. The second kappa shape index (κ2) is 7.55. The molecule has 0 fully saturated rings. The van der Waals surface area contributed by atoms with Gasteiger partial charge in [-0.15, -0.1) is 10.2 Å². The van der Waals surface area contributed by atoms with E-state index in [2.05, 4.69) is 31.4 Å². The highest BCUT2D eigenvalue weighted by molar-refractivity contribution is 9.10. The SMILES string of the molecule is Cc1nnc(NC(=O)[C@H](Oc2ccc(Br)cc2)c2ccccc2)s1. The third kappa shape index (κ3) is 4.18. The Morgan fingerprint density at radius 2 is 1.83 bits per heavy atom. The van der Waals surface area contributed by atoms with Gasteiger partial charge in [-0.1, -0.05) is 57.6 Å². The normalized spacial score (nSPS) is 11.8. The lowest BCUT2D eigenvalue weighted by Crippen LogP contribution is -2.25. The molecular weight excluding hydrogens is 390 g/mol. The van der Waals surface area contributed by atoms with Crippen molar-refractivity contribution < 1.29 is 9.53 Å². The molecule has 0 aliphatic heterocycles. The van der Waals surface area contributed by atoms with Crippen LogP contribution in [0.25, 0.3) is 0 Å². The van der Waals surface area contributed by atoms with Crippen molar-refractivity contribution in [1.82, 2.24) is 10.2 Å². The van der Waals surface area contributed by atoms with Crippen LogP contribution in [0.4, 0.5) is 5.13 Å². The fourth-order valence-electron chi connectivity index (χ4n) is 2.07. The lowest BCUT2D eigenvalue weighted by atomic mass is 10.1. The molecule has 122 valence electrons. The van der Waals surface area contributed by atoms with Crippen LogP contribution in [0.3, 0.4) is 0 Å². The Morgan fingerprint density at radius 3 is 2.46 bits per heavy atom. The van der Waals surface area contributed by atoms with Gasteiger partial charge in [0.2, 0.25) is 11.2 Å². The van der Waals surface area contributed by atoms with Gasteiger partial charge in [0.1, 0.15) is 10.8 Å². The maximum Gasteiger partial charge on any atom is 0.272 e. The van der Waals surface area contributed by atoms with Gasteiger partial charge in [0, 0.05) is 10.0 Å². The van der Waals surface area contributed by atoms with E-state index in [9.17, 15) is 4.79 Å². The largest absolute Gasteiger partial charge is 0.476 e. The fourth-order valence-corrected chi connectivity index (χ4v) is 2.93. The van der Waals surface area contributed by atoms with E-state index < -0.39 is 6.10 Å². The molecule has 24 heavy (non-hydrogen) atoms. The van der Waals surface area contributed by atoms with E-state index >= 15 is 0 Å². The third-order valence-corrected chi connectivity index (χ3v) is 4.45. The zero-order chi connectivity index (χ0) is 16.9. The molecule has 3 aromatic rings. The van der Waals surface area contributed by atoms with Crippen LogP contribution in [0.15, 0.2) is 59.1 Å². The van der Waals surface area contributed by atoms with Gasteiger partial charge in [-0.25, -0.2) is 0 Å². The van der Waals surface area contributed by atoms with Crippen LogP contribution in [0.1, 0.15) is 16.7 Å². The summed E-state index contributed by atoms with van der Waals surface area (Å²) in [6.07, 6.45) is -0.781. The average molecular weight is 404 g/mol. The highest BCUT2D eigenvalue weighted by Gasteiger charge is 2.23. The van der Waals surface area contributed by atoms with Crippen molar-refractivity contribution in [3.05, 3.63) is 69.6 Å². The molecule has 0 saturated carbocycles. The first-order valence-electron chi connectivity index (χ1n) is 7.20. The van der Waals surface area contributed by atoms with Crippen molar-refractivity contribution in [2.45, 2.75) is 13.0 Å². The van der Waals surface area contributed by atoms with Gasteiger partial charge >= 0.3 is 0 Å². The summed E-state index contributed by atoms with van der Waals surface area (Å²) < 4.78 is 6.86.